The number of methoxy groups -OCH3 is 3. The second-order valence-corrected chi connectivity index (χ2v) is 5.97. The molecule has 0 N–H and O–H groups in total. The average Bonchev–Trinajstić information content (AvgIpc) is 2.99. The third kappa shape index (κ3) is 3.01. The van der Waals surface area contributed by atoms with Crippen LogP contribution in [0.25, 0.3) is 16.8 Å². The van der Waals surface area contributed by atoms with E-state index in [0.717, 1.165) is 17.0 Å². The SMILES string of the molecule is COC(=O)c1c(-c2ccc(OC)cc2)cc2nc(C)c(C)n2c1C(=O)OC. The summed E-state index contributed by atoms with van der Waals surface area (Å²) in [6.07, 6.45) is 0. The minimum atomic E-state index is -0.642. The molecule has 140 valence electrons. The minimum absolute atomic E-state index is 0.0887. The lowest BCUT2D eigenvalue weighted by molar-refractivity contribution is 0.0549. The molecule has 7 heteroatoms. The molecule has 7 nitrogen and oxygen atoms in total. The van der Waals surface area contributed by atoms with E-state index in [9.17, 15) is 9.59 Å². The standard InChI is InChI=1S/C20H20N2O5/c1-11-12(2)22-16(21-11)10-15(13-6-8-14(25-3)9-7-13)17(19(23)26-4)18(22)20(24)27-5/h6-10H,1-5H3. The number of carbonyl (C=O) groups excluding carboxylic acids is 2. The summed E-state index contributed by atoms with van der Waals surface area (Å²) in [4.78, 5) is 29.8. The zero-order valence-corrected chi connectivity index (χ0v) is 15.8. The first kappa shape index (κ1) is 18.4. The Morgan fingerprint density at radius 3 is 2.15 bits per heavy atom. The first-order valence-corrected chi connectivity index (χ1v) is 8.26. The molecule has 1 aromatic carbocycles. The van der Waals surface area contributed by atoms with Crippen LogP contribution in [0, 0.1) is 13.8 Å². The Bertz CT molecular complexity index is 1030. The molecule has 3 rings (SSSR count). The number of ether oxygens (including phenoxy) is 3. The summed E-state index contributed by atoms with van der Waals surface area (Å²) in [6.45, 7) is 3.67. The number of pyridine rings is 1. The molecule has 0 aliphatic heterocycles. The highest BCUT2D eigenvalue weighted by Gasteiger charge is 2.28. The van der Waals surface area contributed by atoms with Gasteiger partial charge in [-0.15, -0.1) is 0 Å². The fourth-order valence-electron chi connectivity index (χ4n) is 3.05. The van der Waals surface area contributed by atoms with Crippen molar-refractivity contribution in [3.05, 3.63) is 53.0 Å². The molecule has 0 bridgehead atoms. The van der Waals surface area contributed by atoms with Gasteiger partial charge in [0.15, 0.2) is 0 Å². The molecular formula is C20H20N2O5. The van der Waals surface area contributed by atoms with Gasteiger partial charge in [0.05, 0.1) is 32.6 Å². The lowest BCUT2D eigenvalue weighted by Crippen LogP contribution is -2.18. The van der Waals surface area contributed by atoms with Crippen LogP contribution in [0.3, 0.4) is 0 Å². The van der Waals surface area contributed by atoms with E-state index < -0.39 is 11.9 Å². The van der Waals surface area contributed by atoms with E-state index in [2.05, 4.69) is 4.98 Å². The Morgan fingerprint density at radius 1 is 0.963 bits per heavy atom. The molecule has 2 aromatic heterocycles. The van der Waals surface area contributed by atoms with Crippen molar-refractivity contribution >= 4 is 17.6 Å². The molecule has 27 heavy (non-hydrogen) atoms. The van der Waals surface area contributed by atoms with Gasteiger partial charge in [-0.05, 0) is 37.6 Å². The van der Waals surface area contributed by atoms with E-state index >= 15 is 0 Å². The summed E-state index contributed by atoms with van der Waals surface area (Å²) in [6, 6.07) is 8.93. The first-order valence-electron chi connectivity index (χ1n) is 8.26. The van der Waals surface area contributed by atoms with E-state index in [0.29, 0.717) is 17.0 Å². The lowest BCUT2D eigenvalue weighted by atomic mass is 9.98. The first-order chi connectivity index (χ1) is 12.9. The van der Waals surface area contributed by atoms with Gasteiger partial charge < -0.3 is 14.2 Å². The number of aryl methyl sites for hydroxylation is 2. The molecule has 0 saturated heterocycles. The number of hydrogen-bond donors (Lipinski definition) is 0. The number of rotatable bonds is 4. The Morgan fingerprint density at radius 2 is 1.59 bits per heavy atom. The number of hydrogen-bond acceptors (Lipinski definition) is 6. The van der Waals surface area contributed by atoms with Crippen LogP contribution < -0.4 is 4.74 Å². The van der Waals surface area contributed by atoms with Crippen molar-refractivity contribution in [2.75, 3.05) is 21.3 Å². The number of nitrogens with zero attached hydrogens (tertiary/aromatic N) is 2. The second-order valence-electron chi connectivity index (χ2n) is 5.97. The molecule has 0 amide bonds. The molecule has 0 aliphatic carbocycles. The maximum Gasteiger partial charge on any atom is 0.356 e. The molecule has 0 spiro atoms. The van der Waals surface area contributed by atoms with Gasteiger partial charge in [-0.3, -0.25) is 4.40 Å². The Hall–Kier alpha value is -3.35. The molecule has 3 aromatic rings. The quantitative estimate of drug-likeness (QED) is 0.658. The van der Waals surface area contributed by atoms with Crippen molar-refractivity contribution in [3.63, 3.8) is 0 Å². The van der Waals surface area contributed by atoms with Gasteiger partial charge in [0.25, 0.3) is 0 Å². The Kier molecular flexibility index (Phi) is 4.85. The van der Waals surface area contributed by atoms with Gasteiger partial charge in [-0.25, -0.2) is 14.6 Å². The largest absolute Gasteiger partial charge is 0.497 e. The fraction of sp³-hybridized carbons (Fsp3) is 0.250. The number of benzene rings is 1. The van der Waals surface area contributed by atoms with Gasteiger partial charge in [0.2, 0.25) is 0 Å². The summed E-state index contributed by atoms with van der Waals surface area (Å²) in [5.41, 5.74) is 3.52. The number of esters is 2. The Balaban J connectivity index is 2.44. The van der Waals surface area contributed by atoms with Gasteiger partial charge in [0.1, 0.15) is 17.1 Å². The summed E-state index contributed by atoms with van der Waals surface area (Å²) < 4.78 is 16.7. The van der Waals surface area contributed by atoms with Crippen LogP contribution in [0.5, 0.6) is 5.75 Å². The predicted octanol–water partition coefficient (Wildman–Crippen LogP) is 3.20. The van der Waals surface area contributed by atoms with E-state index in [1.807, 2.05) is 13.8 Å². The minimum Gasteiger partial charge on any atom is -0.497 e. The highest BCUT2D eigenvalue weighted by Crippen LogP contribution is 2.32. The van der Waals surface area contributed by atoms with Crippen LogP contribution in [0.4, 0.5) is 0 Å². The number of carbonyl (C=O) groups is 2. The van der Waals surface area contributed by atoms with Gasteiger partial charge in [-0.1, -0.05) is 12.1 Å². The summed E-state index contributed by atoms with van der Waals surface area (Å²) in [7, 11) is 4.12. The lowest BCUT2D eigenvalue weighted by Gasteiger charge is -2.15. The molecular weight excluding hydrogens is 348 g/mol. The molecule has 0 unspecified atom stereocenters. The van der Waals surface area contributed by atoms with Crippen molar-refractivity contribution < 1.29 is 23.8 Å². The maximum atomic E-state index is 12.6. The highest BCUT2D eigenvalue weighted by molar-refractivity contribution is 6.07. The zero-order valence-electron chi connectivity index (χ0n) is 15.8. The molecule has 0 aliphatic rings. The summed E-state index contributed by atoms with van der Waals surface area (Å²) in [5, 5.41) is 0. The summed E-state index contributed by atoms with van der Waals surface area (Å²) >= 11 is 0. The topological polar surface area (TPSA) is 79.1 Å². The predicted molar refractivity (Wildman–Crippen MR) is 99.3 cm³/mol. The van der Waals surface area contributed by atoms with E-state index in [4.69, 9.17) is 14.2 Å². The number of aromatic nitrogens is 2. The number of imidazole rings is 1. The van der Waals surface area contributed by atoms with Crippen LogP contribution in [0.15, 0.2) is 30.3 Å². The van der Waals surface area contributed by atoms with Crippen molar-refractivity contribution in [1.29, 1.82) is 0 Å². The summed E-state index contributed by atoms with van der Waals surface area (Å²) in [5.74, 6) is -0.592. The van der Waals surface area contributed by atoms with E-state index in [1.165, 1.54) is 14.2 Å². The van der Waals surface area contributed by atoms with Gasteiger partial charge in [0, 0.05) is 11.3 Å². The van der Waals surface area contributed by atoms with Crippen molar-refractivity contribution in [2.45, 2.75) is 13.8 Å². The van der Waals surface area contributed by atoms with Crippen molar-refractivity contribution in [1.82, 2.24) is 9.38 Å². The number of fused-ring (bicyclic) bond motifs is 1. The van der Waals surface area contributed by atoms with Crippen LogP contribution in [-0.2, 0) is 9.47 Å². The van der Waals surface area contributed by atoms with Crippen LogP contribution in [-0.4, -0.2) is 42.7 Å². The van der Waals surface area contributed by atoms with Gasteiger partial charge in [-0.2, -0.15) is 0 Å². The second kappa shape index (κ2) is 7.11. The highest BCUT2D eigenvalue weighted by atomic mass is 16.5. The smallest absolute Gasteiger partial charge is 0.356 e. The third-order valence-corrected chi connectivity index (χ3v) is 4.54. The molecule has 2 heterocycles. The Labute approximate surface area is 156 Å². The average molecular weight is 368 g/mol. The molecule has 0 saturated carbocycles. The van der Waals surface area contributed by atoms with E-state index in [-0.39, 0.29) is 11.3 Å². The monoisotopic (exact) mass is 368 g/mol. The zero-order chi connectivity index (χ0) is 19.7. The third-order valence-electron chi connectivity index (χ3n) is 4.54. The molecule has 0 fully saturated rings. The van der Waals surface area contributed by atoms with Crippen LogP contribution >= 0.6 is 0 Å². The molecule has 0 radical (unpaired) electrons. The molecule has 0 atom stereocenters. The van der Waals surface area contributed by atoms with Gasteiger partial charge >= 0.3 is 11.9 Å². The fourth-order valence-corrected chi connectivity index (χ4v) is 3.05. The van der Waals surface area contributed by atoms with Crippen molar-refractivity contribution in [2.24, 2.45) is 0 Å². The normalized spacial score (nSPS) is 10.7. The van der Waals surface area contributed by atoms with Crippen molar-refractivity contribution in [3.8, 4) is 16.9 Å². The van der Waals surface area contributed by atoms with E-state index in [1.54, 1.807) is 41.8 Å². The maximum absolute atomic E-state index is 12.6. The van der Waals surface area contributed by atoms with Crippen LogP contribution in [0.2, 0.25) is 0 Å². The van der Waals surface area contributed by atoms with Crippen LogP contribution in [0.1, 0.15) is 32.2 Å².